The Morgan fingerprint density at radius 1 is 1.21 bits per heavy atom. The molecule has 0 spiro atoms. The first kappa shape index (κ1) is 12.6. The van der Waals surface area contributed by atoms with Gasteiger partial charge in [-0.1, -0.05) is 6.08 Å². The van der Waals surface area contributed by atoms with Gasteiger partial charge in [-0.15, -0.1) is 0 Å². The lowest BCUT2D eigenvalue weighted by Crippen LogP contribution is -2.28. The first-order chi connectivity index (χ1) is 6.56. The van der Waals surface area contributed by atoms with Crippen LogP contribution in [-0.4, -0.2) is 24.0 Å². The van der Waals surface area contributed by atoms with E-state index in [1.54, 1.807) is 13.0 Å². The van der Waals surface area contributed by atoms with Crippen LogP contribution >= 0.6 is 0 Å². The Labute approximate surface area is 83.4 Å². The van der Waals surface area contributed by atoms with Crippen LogP contribution < -0.4 is 5.32 Å². The van der Waals surface area contributed by atoms with E-state index in [9.17, 15) is 14.4 Å². The summed E-state index contributed by atoms with van der Waals surface area (Å²) in [4.78, 5) is 32.5. The number of carbonyl (C=O) groups is 3. The number of nitrogens with one attached hydrogen (secondary N) is 1. The van der Waals surface area contributed by atoms with E-state index in [-0.39, 0.29) is 36.9 Å². The van der Waals surface area contributed by atoms with Crippen LogP contribution in [0, 0.1) is 0 Å². The normalized spacial score (nSPS) is 10.1. The predicted molar refractivity (Wildman–Crippen MR) is 52.7 cm³/mol. The van der Waals surface area contributed by atoms with Crippen molar-refractivity contribution in [3.05, 3.63) is 12.2 Å². The zero-order chi connectivity index (χ0) is 11.0. The lowest BCUT2D eigenvalue weighted by molar-refractivity contribution is -0.125. The van der Waals surface area contributed by atoms with Crippen molar-refractivity contribution in [2.24, 2.45) is 0 Å². The molecule has 0 aromatic rings. The molecular formula is C10H15NO3. The molecule has 4 heteroatoms. The standard InChI is InChI=1S/C10H15NO3/c1-3-4-9(13)5-6-10(14)11-7-8(2)12/h3-4H,5-7H2,1-2H3,(H,11,14)/b4-3+. The first-order valence-corrected chi connectivity index (χ1v) is 4.48. The van der Waals surface area contributed by atoms with Gasteiger partial charge >= 0.3 is 0 Å². The van der Waals surface area contributed by atoms with Gasteiger partial charge in [0.2, 0.25) is 5.91 Å². The van der Waals surface area contributed by atoms with Crippen molar-refractivity contribution >= 4 is 17.5 Å². The minimum Gasteiger partial charge on any atom is -0.349 e. The fraction of sp³-hybridized carbons (Fsp3) is 0.500. The summed E-state index contributed by atoms with van der Waals surface area (Å²) in [6, 6.07) is 0. The summed E-state index contributed by atoms with van der Waals surface area (Å²) in [5.74, 6) is -0.443. The van der Waals surface area contributed by atoms with E-state index in [0.29, 0.717) is 0 Å². The quantitative estimate of drug-likeness (QED) is 0.635. The minimum absolute atomic E-state index is 0.0383. The highest BCUT2D eigenvalue weighted by atomic mass is 16.2. The molecule has 1 amide bonds. The zero-order valence-corrected chi connectivity index (χ0v) is 8.50. The summed E-state index contributed by atoms with van der Waals surface area (Å²) >= 11 is 0. The first-order valence-electron chi connectivity index (χ1n) is 4.48. The Balaban J connectivity index is 3.64. The monoisotopic (exact) mass is 197 g/mol. The molecule has 0 aromatic heterocycles. The lowest BCUT2D eigenvalue weighted by atomic mass is 10.2. The third-order valence-corrected chi connectivity index (χ3v) is 1.49. The molecule has 0 unspecified atom stereocenters. The SMILES string of the molecule is C/C=C/C(=O)CCC(=O)NCC(C)=O. The van der Waals surface area contributed by atoms with E-state index in [0.717, 1.165) is 0 Å². The molecule has 14 heavy (non-hydrogen) atoms. The number of rotatable bonds is 6. The van der Waals surface area contributed by atoms with Crippen molar-refractivity contribution in [3.8, 4) is 0 Å². The Hall–Kier alpha value is -1.45. The number of ketones is 2. The van der Waals surface area contributed by atoms with Crippen LogP contribution in [0.3, 0.4) is 0 Å². The maximum Gasteiger partial charge on any atom is 0.220 e. The molecule has 0 rings (SSSR count). The Morgan fingerprint density at radius 3 is 2.36 bits per heavy atom. The van der Waals surface area contributed by atoms with Crippen molar-refractivity contribution < 1.29 is 14.4 Å². The fourth-order valence-corrected chi connectivity index (χ4v) is 0.817. The van der Waals surface area contributed by atoms with Crippen LogP contribution in [0.15, 0.2) is 12.2 Å². The summed E-state index contributed by atoms with van der Waals surface area (Å²) in [6.45, 7) is 3.18. The summed E-state index contributed by atoms with van der Waals surface area (Å²) < 4.78 is 0. The molecule has 0 radical (unpaired) electrons. The molecule has 0 bridgehead atoms. The number of Topliss-reactive ketones (excluding diaryl/α,β-unsaturated/α-hetero) is 1. The van der Waals surface area contributed by atoms with Crippen molar-refractivity contribution in [2.75, 3.05) is 6.54 Å². The molecule has 0 atom stereocenters. The van der Waals surface area contributed by atoms with E-state index in [2.05, 4.69) is 5.32 Å². The molecule has 0 saturated heterocycles. The van der Waals surface area contributed by atoms with Crippen molar-refractivity contribution in [1.29, 1.82) is 0 Å². The van der Waals surface area contributed by atoms with Gasteiger partial charge in [-0.2, -0.15) is 0 Å². The summed E-state index contributed by atoms with van der Waals surface area (Å²) in [5, 5.41) is 2.41. The maximum atomic E-state index is 11.0. The highest BCUT2D eigenvalue weighted by Gasteiger charge is 2.04. The minimum atomic E-state index is -0.266. The van der Waals surface area contributed by atoms with Crippen LogP contribution in [-0.2, 0) is 14.4 Å². The van der Waals surface area contributed by atoms with Crippen molar-refractivity contribution in [1.82, 2.24) is 5.32 Å². The van der Waals surface area contributed by atoms with Crippen LogP contribution in [0.5, 0.6) is 0 Å². The van der Waals surface area contributed by atoms with Crippen LogP contribution in [0.1, 0.15) is 26.7 Å². The molecule has 0 heterocycles. The second kappa shape index (κ2) is 7.00. The van der Waals surface area contributed by atoms with Gasteiger partial charge in [0.25, 0.3) is 0 Å². The Kier molecular flexibility index (Phi) is 6.28. The van der Waals surface area contributed by atoms with Gasteiger partial charge < -0.3 is 5.32 Å². The molecule has 0 aliphatic heterocycles. The largest absolute Gasteiger partial charge is 0.349 e. The van der Waals surface area contributed by atoms with Gasteiger partial charge in [0.15, 0.2) is 5.78 Å². The third kappa shape index (κ3) is 7.21. The van der Waals surface area contributed by atoms with E-state index < -0.39 is 0 Å². The van der Waals surface area contributed by atoms with Crippen molar-refractivity contribution in [2.45, 2.75) is 26.7 Å². The number of hydrogen-bond acceptors (Lipinski definition) is 3. The highest BCUT2D eigenvalue weighted by Crippen LogP contribution is 1.92. The van der Waals surface area contributed by atoms with Crippen LogP contribution in [0.4, 0.5) is 0 Å². The average molecular weight is 197 g/mol. The van der Waals surface area contributed by atoms with Gasteiger partial charge in [-0.25, -0.2) is 0 Å². The average Bonchev–Trinajstić information content (AvgIpc) is 2.12. The van der Waals surface area contributed by atoms with Crippen LogP contribution in [0.25, 0.3) is 0 Å². The smallest absolute Gasteiger partial charge is 0.220 e. The van der Waals surface area contributed by atoms with Gasteiger partial charge in [0.1, 0.15) is 5.78 Å². The van der Waals surface area contributed by atoms with Crippen LogP contribution in [0.2, 0.25) is 0 Å². The second-order valence-corrected chi connectivity index (χ2v) is 2.95. The molecule has 1 N–H and O–H groups in total. The van der Waals surface area contributed by atoms with Crippen molar-refractivity contribution in [3.63, 3.8) is 0 Å². The molecule has 0 saturated carbocycles. The molecule has 78 valence electrons. The summed E-state index contributed by atoms with van der Waals surface area (Å²) in [5.41, 5.74) is 0. The number of carbonyl (C=O) groups excluding carboxylic acids is 3. The molecule has 0 aromatic carbocycles. The Morgan fingerprint density at radius 2 is 1.86 bits per heavy atom. The van der Waals surface area contributed by atoms with E-state index >= 15 is 0 Å². The molecular weight excluding hydrogens is 182 g/mol. The van der Waals surface area contributed by atoms with E-state index in [1.165, 1.54) is 13.0 Å². The van der Waals surface area contributed by atoms with E-state index in [4.69, 9.17) is 0 Å². The fourth-order valence-electron chi connectivity index (χ4n) is 0.817. The van der Waals surface area contributed by atoms with Gasteiger partial charge in [-0.3, -0.25) is 14.4 Å². The second-order valence-electron chi connectivity index (χ2n) is 2.95. The maximum absolute atomic E-state index is 11.0. The van der Waals surface area contributed by atoms with Gasteiger partial charge in [0, 0.05) is 12.8 Å². The van der Waals surface area contributed by atoms with Gasteiger partial charge in [0.05, 0.1) is 6.54 Å². The highest BCUT2D eigenvalue weighted by molar-refractivity contribution is 5.93. The molecule has 0 aliphatic carbocycles. The third-order valence-electron chi connectivity index (χ3n) is 1.49. The molecule has 0 aliphatic rings. The van der Waals surface area contributed by atoms with Gasteiger partial charge in [-0.05, 0) is 19.9 Å². The Bertz CT molecular complexity index is 256. The number of allylic oxidation sites excluding steroid dienone is 2. The van der Waals surface area contributed by atoms with E-state index in [1.807, 2.05) is 0 Å². The summed E-state index contributed by atoms with van der Waals surface area (Å²) in [6.07, 6.45) is 3.39. The number of amides is 1. The predicted octanol–water partition coefficient (Wildman–Crippen LogP) is 0.617. The lowest BCUT2D eigenvalue weighted by Gasteiger charge is -2.00. The zero-order valence-electron chi connectivity index (χ0n) is 8.50. The number of hydrogen-bond donors (Lipinski definition) is 1. The molecule has 0 fully saturated rings. The molecule has 4 nitrogen and oxygen atoms in total. The topological polar surface area (TPSA) is 63.2 Å². The summed E-state index contributed by atoms with van der Waals surface area (Å²) in [7, 11) is 0.